The fourth-order valence-corrected chi connectivity index (χ4v) is 6.44. The minimum absolute atomic E-state index is 0.132. The fraction of sp³-hybridized carbons (Fsp3) is 0.182. The molecule has 4 aromatic rings. The first kappa shape index (κ1) is 22.7. The largest absolute Gasteiger partial charge is 0.489 e. The van der Waals surface area contributed by atoms with Gasteiger partial charge in [-0.15, -0.1) is 0 Å². The van der Waals surface area contributed by atoms with Crippen LogP contribution in [0.3, 0.4) is 0 Å². The van der Waals surface area contributed by atoms with Crippen LogP contribution in [-0.2, 0) is 16.2 Å². The van der Waals surface area contributed by atoms with Gasteiger partial charge in [-0.1, -0.05) is 90.5 Å². The summed E-state index contributed by atoms with van der Waals surface area (Å²) in [5.41, 5.74) is 7.67. The molecule has 186 valence electrons. The topological polar surface area (TPSA) is 59.0 Å². The normalized spacial score (nSPS) is 22.9. The molecule has 38 heavy (non-hydrogen) atoms. The maximum Gasteiger partial charge on any atom is 0.254 e. The Morgan fingerprint density at radius 1 is 0.737 bits per heavy atom. The van der Waals surface area contributed by atoms with E-state index in [2.05, 4.69) is 48.4 Å². The Bertz CT molecular complexity index is 1490. The van der Waals surface area contributed by atoms with Crippen LogP contribution in [0.5, 0.6) is 5.75 Å². The van der Waals surface area contributed by atoms with Gasteiger partial charge in [0.15, 0.2) is 0 Å². The molecular formula is C33H26N2O3. The molecule has 2 atom stereocenters. The smallest absolute Gasteiger partial charge is 0.254 e. The third kappa shape index (κ3) is 3.50. The summed E-state index contributed by atoms with van der Waals surface area (Å²) in [6, 6.07) is 32.2. The summed E-state index contributed by atoms with van der Waals surface area (Å²) < 4.78 is 5.96. The van der Waals surface area contributed by atoms with E-state index in [1.54, 1.807) is 6.21 Å². The number of hydrogen-bond acceptors (Lipinski definition) is 4. The van der Waals surface area contributed by atoms with Crippen molar-refractivity contribution in [1.82, 2.24) is 5.01 Å². The number of ether oxygens (including phenoxy) is 1. The van der Waals surface area contributed by atoms with Crippen molar-refractivity contribution in [2.75, 3.05) is 0 Å². The minimum Gasteiger partial charge on any atom is -0.489 e. The second-order valence-electron chi connectivity index (χ2n) is 10.3. The summed E-state index contributed by atoms with van der Waals surface area (Å²) in [5.74, 6) is -0.868. The molecule has 2 amide bonds. The van der Waals surface area contributed by atoms with Gasteiger partial charge in [-0.3, -0.25) is 9.59 Å². The van der Waals surface area contributed by atoms with Gasteiger partial charge in [0.05, 0.1) is 18.1 Å². The highest BCUT2D eigenvalue weighted by Crippen LogP contribution is 2.60. The van der Waals surface area contributed by atoms with Gasteiger partial charge in [0.25, 0.3) is 11.8 Å². The highest BCUT2D eigenvalue weighted by atomic mass is 16.5. The van der Waals surface area contributed by atoms with E-state index < -0.39 is 11.8 Å². The van der Waals surface area contributed by atoms with Crippen molar-refractivity contribution < 1.29 is 14.3 Å². The zero-order chi connectivity index (χ0) is 25.8. The molecule has 1 aliphatic heterocycles. The molecular weight excluding hydrogens is 472 g/mol. The monoisotopic (exact) mass is 498 g/mol. The summed E-state index contributed by atoms with van der Waals surface area (Å²) in [7, 11) is 0. The molecule has 0 spiro atoms. The van der Waals surface area contributed by atoms with Crippen LogP contribution in [0.1, 0.15) is 50.8 Å². The summed E-state index contributed by atoms with van der Waals surface area (Å²) in [5, 5.41) is 5.53. The van der Waals surface area contributed by atoms with Crippen molar-refractivity contribution in [1.29, 1.82) is 0 Å². The molecule has 3 aliphatic carbocycles. The van der Waals surface area contributed by atoms with E-state index in [1.807, 2.05) is 60.7 Å². The van der Waals surface area contributed by atoms with Crippen LogP contribution in [-0.4, -0.2) is 23.0 Å². The first-order valence-corrected chi connectivity index (χ1v) is 13.0. The molecule has 8 rings (SSSR count). The van der Waals surface area contributed by atoms with Crippen LogP contribution in [0, 0.1) is 18.8 Å². The second-order valence-corrected chi connectivity index (χ2v) is 10.3. The van der Waals surface area contributed by atoms with Crippen LogP contribution in [0.25, 0.3) is 0 Å². The molecule has 5 heteroatoms. The van der Waals surface area contributed by atoms with Gasteiger partial charge in [-0.05, 0) is 52.4 Å². The lowest BCUT2D eigenvalue weighted by Crippen LogP contribution is -2.41. The first-order valence-electron chi connectivity index (χ1n) is 13.0. The molecule has 0 unspecified atom stereocenters. The van der Waals surface area contributed by atoms with Crippen molar-refractivity contribution in [3.05, 3.63) is 136 Å². The van der Waals surface area contributed by atoms with E-state index in [9.17, 15) is 9.59 Å². The van der Waals surface area contributed by atoms with Gasteiger partial charge in [-0.2, -0.15) is 10.1 Å². The van der Waals surface area contributed by atoms with E-state index in [-0.39, 0.29) is 23.7 Å². The van der Waals surface area contributed by atoms with Gasteiger partial charge < -0.3 is 4.74 Å². The van der Waals surface area contributed by atoms with Gasteiger partial charge in [-0.25, -0.2) is 0 Å². The summed E-state index contributed by atoms with van der Waals surface area (Å²) in [6.45, 7) is 2.51. The number of aryl methyl sites for hydroxylation is 1. The van der Waals surface area contributed by atoms with E-state index in [4.69, 9.17) is 4.74 Å². The molecule has 0 saturated carbocycles. The number of hydrazone groups is 1. The first-order chi connectivity index (χ1) is 18.6. The van der Waals surface area contributed by atoms with E-state index in [1.165, 1.54) is 5.56 Å². The molecule has 1 heterocycles. The lowest BCUT2D eigenvalue weighted by Gasteiger charge is -2.45. The number of benzene rings is 4. The highest BCUT2D eigenvalue weighted by molar-refractivity contribution is 6.08. The molecule has 1 fully saturated rings. The van der Waals surface area contributed by atoms with E-state index in [0.29, 0.717) is 12.4 Å². The number of imide groups is 1. The summed E-state index contributed by atoms with van der Waals surface area (Å²) in [4.78, 5) is 27.4. The fourth-order valence-electron chi connectivity index (χ4n) is 6.44. The zero-order valence-corrected chi connectivity index (χ0v) is 21.0. The predicted molar refractivity (Wildman–Crippen MR) is 145 cm³/mol. The number of amides is 2. The Labute approximate surface area is 221 Å². The number of hydrogen-bond donors (Lipinski definition) is 0. The highest BCUT2D eigenvalue weighted by Gasteiger charge is 2.61. The maximum atomic E-state index is 13.7. The molecule has 5 nitrogen and oxygen atoms in total. The third-order valence-corrected chi connectivity index (χ3v) is 8.13. The predicted octanol–water partition coefficient (Wildman–Crippen LogP) is 5.80. The molecule has 4 aromatic carbocycles. The number of carbonyl (C=O) groups excluding carboxylic acids is 2. The van der Waals surface area contributed by atoms with Crippen LogP contribution in [0.2, 0.25) is 0 Å². The second kappa shape index (κ2) is 8.80. The van der Waals surface area contributed by atoms with E-state index >= 15 is 0 Å². The Balaban J connectivity index is 1.15. The van der Waals surface area contributed by atoms with Crippen LogP contribution < -0.4 is 4.74 Å². The average Bonchev–Trinajstić information content (AvgIpc) is 3.21. The number of carbonyl (C=O) groups is 2. The van der Waals surface area contributed by atoms with Crippen molar-refractivity contribution in [3.63, 3.8) is 0 Å². The number of rotatable bonds is 5. The standard InChI is InChI=1S/C33H26N2O3/c1-20-13-15-21(16-14-20)19-38-23-8-6-7-22(17-23)18-34-35-32(36)30-28-24-9-2-3-10-25(24)29(31(30)33(35)37)27-12-5-4-11-26(27)28/h2-18,28-31H,19H2,1H3/b34-18-/t28?,29?,30-,31-/m1/s1. The van der Waals surface area contributed by atoms with Crippen LogP contribution in [0.4, 0.5) is 0 Å². The average molecular weight is 499 g/mol. The Hall–Kier alpha value is -4.51. The molecule has 0 radical (unpaired) electrons. The van der Waals surface area contributed by atoms with Crippen molar-refractivity contribution in [2.45, 2.75) is 25.4 Å². The van der Waals surface area contributed by atoms with Crippen molar-refractivity contribution >= 4 is 18.0 Å². The molecule has 4 aliphatic rings. The Morgan fingerprint density at radius 3 is 1.84 bits per heavy atom. The molecule has 0 aromatic heterocycles. The molecule has 1 saturated heterocycles. The van der Waals surface area contributed by atoms with E-state index in [0.717, 1.165) is 38.4 Å². The van der Waals surface area contributed by atoms with Crippen LogP contribution >= 0.6 is 0 Å². The van der Waals surface area contributed by atoms with Gasteiger partial charge >= 0.3 is 0 Å². The Kier molecular flexibility index (Phi) is 5.25. The van der Waals surface area contributed by atoms with Gasteiger partial charge in [0.1, 0.15) is 12.4 Å². The van der Waals surface area contributed by atoms with Crippen LogP contribution in [0.15, 0.2) is 102 Å². The van der Waals surface area contributed by atoms with Crippen molar-refractivity contribution in [3.8, 4) is 5.75 Å². The summed E-state index contributed by atoms with van der Waals surface area (Å²) >= 11 is 0. The number of nitrogens with zero attached hydrogens (tertiary/aromatic N) is 2. The SMILES string of the molecule is Cc1ccc(COc2cccc(/C=N\N3C(=O)[C@@H]4C5c6ccccc6C(c6ccccc65)[C@H]4C3=O)c2)cc1. The van der Waals surface area contributed by atoms with Gasteiger partial charge in [0, 0.05) is 11.8 Å². The van der Waals surface area contributed by atoms with Gasteiger partial charge in [0.2, 0.25) is 0 Å². The third-order valence-electron chi connectivity index (χ3n) is 8.13. The maximum absolute atomic E-state index is 13.7. The zero-order valence-electron chi connectivity index (χ0n) is 21.0. The molecule has 2 bridgehead atoms. The Morgan fingerprint density at radius 2 is 1.29 bits per heavy atom. The lowest BCUT2D eigenvalue weighted by molar-refractivity contribution is -0.139. The van der Waals surface area contributed by atoms with Crippen molar-refractivity contribution in [2.24, 2.45) is 16.9 Å². The summed E-state index contributed by atoms with van der Waals surface area (Å²) in [6.07, 6.45) is 1.58. The lowest BCUT2D eigenvalue weighted by atomic mass is 9.55. The quantitative estimate of drug-likeness (QED) is 0.258. The minimum atomic E-state index is -0.432. The molecule has 0 N–H and O–H groups in total.